The van der Waals surface area contributed by atoms with Gasteiger partial charge in [-0.15, -0.1) is 5.10 Å². The lowest BCUT2D eigenvalue weighted by atomic mass is 9.55. The molecule has 3 aromatic heterocycles. The van der Waals surface area contributed by atoms with Crippen LogP contribution in [0, 0.1) is 5.41 Å². The quantitative estimate of drug-likeness (QED) is 0.374. The third-order valence-corrected chi connectivity index (χ3v) is 7.41. The van der Waals surface area contributed by atoms with Crippen LogP contribution in [0.1, 0.15) is 12.8 Å². The molecule has 1 aliphatic carbocycles. The first-order valence-electron chi connectivity index (χ1n) is 12.2. The molecule has 196 valence electrons. The molecule has 6 rings (SSSR count). The van der Waals surface area contributed by atoms with Gasteiger partial charge in [0, 0.05) is 61.9 Å². The second-order valence-corrected chi connectivity index (χ2v) is 10.1. The van der Waals surface area contributed by atoms with E-state index in [1.807, 2.05) is 43.4 Å². The first kappa shape index (κ1) is 24.2. The molecule has 1 saturated carbocycles. The minimum Gasteiger partial charge on any atom is -0.372 e. The Morgan fingerprint density at radius 2 is 1.74 bits per heavy atom. The van der Waals surface area contributed by atoms with Crippen LogP contribution in [0.3, 0.4) is 0 Å². The fraction of sp³-hybridized carbons (Fsp3) is 0.346. The minimum atomic E-state index is -2.46. The molecule has 1 spiro atoms. The van der Waals surface area contributed by atoms with Gasteiger partial charge in [-0.2, -0.15) is 4.98 Å². The molecule has 38 heavy (non-hydrogen) atoms. The van der Waals surface area contributed by atoms with Crippen LogP contribution < -0.4 is 16.0 Å². The molecule has 2 aliphatic rings. The Morgan fingerprint density at radius 1 is 1.00 bits per heavy atom. The van der Waals surface area contributed by atoms with Gasteiger partial charge in [-0.3, -0.25) is 0 Å². The molecule has 3 N–H and O–H groups in total. The van der Waals surface area contributed by atoms with Gasteiger partial charge in [0.15, 0.2) is 5.82 Å². The Bertz CT molecular complexity index is 1440. The number of hydrogen-bond acceptors (Lipinski definition) is 9. The number of pyridine rings is 1. The van der Waals surface area contributed by atoms with E-state index in [0.29, 0.717) is 37.7 Å². The summed E-state index contributed by atoms with van der Waals surface area (Å²) in [7, 11) is 3.19. The lowest BCUT2D eigenvalue weighted by Gasteiger charge is -2.63. The van der Waals surface area contributed by atoms with E-state index in [0.717, 1.165) is 28.3 Å². The highest BCUT2D eigenvalue weighted by atomic mass is 19.3. The summed E-state index contributed by atoms with van der Waals surface area (Å²) in [4.78, 5) is 19.5. The minimum absolute atomic E-state index is 0.101. The Hall–Kier alpha value is -4.19. The van der Waals surface area contributed by atoms with Gasteiger partial charge in [0.25, 0.3) is 6.43 Å². The Labute approximate surface area is 217 Å². The number of ether oxygens (including phenoxy) is 1. The third kappa shape index (κ3) is 4.20. The second kappa shape index (κ2) is 8.98. The molecule has 0 radical (unpaired) electrons. The molecular formula is C26H27F2N9O. The molecule has 0 unspecified atom stereocenters. The summed E-state index contributed by atoms with van der Waals surface area (Å²) < 4.78 is 33.5. The summed E-state index contributed by atoms with van der Waals surface area (Å²) in [5.74, 6) is 2.17. The molecule has 0 amide bonds. The van der Waals surface area contributed by atoms with Gasteiger partial charge in [0.1, 0.15) is 11.4 Å². The van der Waals surface area contributed by atoms with Gasteiger partial charge >= 0.3 is 0 Å². The number of rotatable bonds is 7. The SMILES string of the molecule is COC1(C(F)F)CC2(CN(c3ccc(-c4nc(Nc5ccc(-c6ccnc(N)n6)cc5)n(C)n4)cn3)C2)C1. The lowest BCUT2D eigenvalue weighted by molar-refractivity contribution is -0.225. The van der Waals surface area contributed by atoms with Gasteiger partial charge in [0.05, 0.1) is 5.69 Å². The number of nitrogens with zero attached hydrogens (tertiary/aromatic N) is 7. The number of nitrogens with two attached hydrogens (primary N) is 1. The molecule has 10 nitrogen and oxygen atoms in total. The number of aromatic nitrogens is 6. The van der Waals surface area contributed by atoms with Crippen molar-refractivity contribution in [2.24, 2.45) is 12.5 Å². The van der Waals surface area contributed by atoms with Gasteiger partial charge in [0.2, 0.25) is 11.9 Å². The van der Waals surface area contributed by atoms with E-state index >= 15 is 0 Å². The molecular weight excluding hydrogens is 492 g/mol. The van der Waals surface area contributed by atoms with Crippen LogP contribution in [0.25, 0.3) is 22.6 Å². The third-order valence-electron chi connectivity index (χ3n) is 7.41. The largest absolute Gasteiger partial charge is 0.372 e. The van der Waals surface area contributed by atoms with E-state index in [1.54, 1.807) is 23.1 Å². The monoisotopic (exact) mass is 519 g/mol. The number of hydrogen-bond donors (Lipinski definition) is 2. The normalized spacial score (nSPS) is 17.3. The van der Waals surface area contributed by atoms with Gasteiger partial charge in [-0.05, 0) is 43.2 Å². The summed E-state index contributed by atoms with van der Waals surface area (Å²) >= 11 is 0. The van der Waals surface area contributed by atoms with Gasteiger partial charge in [-0.25, -0.2) is 28.4 Å². The van der Waals surface area contributed by atoms with Crippen LogP contribution >= 0.6 is 0 Å². The van der Waals surface area contributed by atoms with E-state index in [1.165, 1.54) is 7.11 Å². The molecule has 2 fully saturated rings. The number of aryl methyl sites for hydroxylation is 1. The zero-order chi connectivity index (χ0) is 26.5. The second-order valence-electron chi connectivity index (χ2n) is 10.1. The predicted molar refractivity (Wildman–Crippen MR) is 139 cm³/mol. The van der Waals surface area contributed by atoms with Crippen LogP contribution in [-0.4, -0.2) is 61.9 Å². The highest BCUT2D eigenvalue weighted by molar-refractivity contribution is 5.66. The maximum atomic E-state index is 13.3. The van der Waals surface area contributed by atoms with Crippen LogP contribution in [0.2, 0.25) is 0 Å². The first-order chi connectivity index (χ1) is 18.3. The highest BCUT2D eigenvalue weighted by Gasteiger charge is 2.64. The summed E-state index contributed by atoms with van der Waals surface area (Å²) in [6.07, 6.45) is 1.67. The summed E-state index contributed by atoms with van der Waals surface area (Å²) in [6, 6.07) is 13.4. The highest BCUT2D eigenvalue weighted by Crippen LogP contribution is 2.58. The molecule has 12 heteroatoms. The van der Waals surface area contributed by atoms with Crippen molar-refractivity contribution in [2.45, 2.75) is 24.9 Å². The smallest absolute Gasteiger partial charge is 0.267 e. The van der Waals surface area contributed by atoms with Crippen molar-refractivity contribution in [3.05, 3.63) is 54.9 Å². The average molecular weight is 520 g/mol. The Morgan fingerprint density at radius 3 is 2.37 bits per heavy atom. The number of halogens is 2. The number of alkyl halides is 2. The summed E-state index contributed by atoms with van der Waals surface area (Å²) in [5, 5.41) is 7.80. The van der Waals surface area contributed by atoms with E-state index in [2.05, 4.69) is 35.3 Å². The van der Waals surface area contributed by atoms with Crippen molar-refractivity contribution in [2.75, 3.05) is 36.1 Å². The molecule has 1 aromatic carbocycles. The molecule has 4 aromatic rings. The van der Waals surface area contributed by atoms with Crippen molar-refractivity contribution < 1.29 is 13.5 Å². The summed E-state index contributed by atoms with van der Waals surface area (Å²) in [5.41, 5.74) is 7.60. The molecule has 1 aliphatic heterocycles. The Kier molecular flexibility index (Phi) is 5.71. The number of benzene rings is 1. The van der Waals surface area contributed by atoms with Gasteiger partial charge < -0.3 is 20.7 Å². The fourth-order valence-corrected chi connectivity index (χ4v) is 5.46. The van der Waals surface area contributed by atoms with Crippen LogP contribution in [-0.2, 0) is 11.8 Å². The van der Waals surface area contributed by atoms with Gasteiger partial charge in [-0.1, -0.05) is 12.1 Å². The molecule has 4 heterocycles. The van der Waals surface area contributed by atoms with Crippen LogP contribution in [0.4, 0.5) is 32.2 Å². The van der Waals surface area contributed by atoms with Crippen molar-refractivity contribution in [3.63, 3.8) is 0 Å². The maximum absolute atomic E-state index is 13.3. The zero-order valence-corrected chi connectivity index (χ0v) is 21.0. The predicted octanol–water partition coefficient (Wildman–Crippen LogP) is 3.91. The molecule has 0 bridgehead atoms. The lowest BCUT2D eigenvalue weighted by Crippen LogP contribution is -2.70. The standard InChI is InChI=1S/C26H27F2N9O/c1-36-24(32-18-6-3-16(4-7-18)19-9-10-30-23(29)33-19)34-21(35-36)17-5-8-20(31-11-17)37-14-25(15-37)12-26(13-25,38-2)22(27)28/h3-11,22H,12-15H2,1-2H3,(H2,29,30,33)(H,32,34,35). The maximum Gasteiger partial charge on any atom is 0.267 e. The zero-order valence-electron chi connectivity index (χ0n) is 21.0. The topological polar surface area (TPSA) is 120 Å². The molecule has 0 atom stereocenters. The van der Waals surface area contributed by atoms with Crippen molar-refractivity contribution in [3.8, 4) is 22.6 Å². The first-order valence-corrected chi connectivity index (χ1v) is 12.2. The van der Waals surface area contributed by atoms with Crippen molar-refractivity contribution >= 4 is 23.4 Å². The van der Waals surface area contributed by atoms with Crippen molar-refractivity contribution in [1.82, 2.24) is 29.7 Å². The summed E-state index contributed by atoms with van der Waals surface area (Å²) in [6.45, 7) is 1.41. The number of nitrogen functional groups attached to an aromatic ring is 1. The Balaban J connectivity index is 1.09. The average Bonchev–Trinajstić information content (AvgIpc) is 3.23. The number of anilines is 4. The number of methoxy groups -OCH3 is 1. The molecule has 1 saturated heterocycles. The van der Waals surface area contributed by atoms with E-state index < -0.39 is 12.0 Å². The fourth-order valence-electron chi connectivity index (χ4n) is 5.46. The van der Waals surface area contributed by atoms with E-state index in [9.17, 15) is 8.78 Å². The van der Waals surface area contributed by atoms with E-state index in [4.69, 9.17) is 10.5 Å². The van der Waals surface area contributed by atoms with Crippen LogP contribution in [0.5, 0.6) is 0 Å². The number of nitrogens with one attached hydrogen (secondary N) is 1. The van der Waals surface area contributed by atoms with Crippen molar-refractivity contribution in [1.29, 1.82) is 0 Å². The van der Waals surface area contributed by atoms with E-state index in [-0.39, 0.29) is 11.4 Å². The van der Waals surface area contributed by atoms with Crippen LogP contribution in [0.15, 0.2) is 54.9 Å².